The minimum atomic E-state index is -0.216. The lowest BCUT2D eigenvalue weighted by Gasteiger charge is -2.36. The van der Waals surface area contributed by atoms with Gasteiger partial charge in [0.15, 0.2) is 0 Å². The average molecular weight is 437 g/mol. The highest BCUT2D eigenvalue weighted by Crippen LogP contribution is 2.33. The smallest absolute Gasteiger partial charge is 0.270 e. The Labute approximate surface area is 182 Å². The van der Waals surface area contributed by atoms with Crippen molar-refractivity contribution in [3.8, 4) is 16.9 Å². The van der Waals surface area contributed by atoms with E-state index in [2.05, 4.69) is 4.98 Å². The molecule has 0 aliphatic carbocycles. The molecule has 0 bridgehead atoms. The van der Waals surface area contributed by atoms with E-state index < -0.39 is 0 Å². The molecule has 0 atom stereocenters. The van der Waals surface area contributed by atoms with Gasteiger partial charge in [0.2, 0.25) is 5.95 Å². The predicted molar refractivity (Wildman–Crippen MR) is 123 cm³/mol. The molecule has 3 heterocycles. The minimum absolute atomic E-state index is 0.138. The number of thiophene rings is 1. The van der Waals surface area contributed by atoms with E-state index in [-0.39, 0.29) is 11.4 Å². The lowest BCUT2D eigenvalue weighted by atomic mass is 10.1. The Hall–Kier alpha value is -3.39. The quantitative estimate of drug-likeness (QED) is 0.521. The molecule has 6 nitrogen and oxygen atoms in total. The molecule has 8 heteroatoms. The van der Waals surface area contributed by atoms with E-state index in [4.69, 9.17) is 9.72 Å². The molecule has 2 aromatic heterocycles. The fourth-order valence-electron chi connectivity index (χ4n) is 3.91. The molecule has 1 fully saturated rings. The first-order chi connectivity index (χ1) is 15.1. The summed E-state index contributed by atoms with van der Waals surface area (Å²) in [5, 5.41) is 1.97. The van der Waals surface area contributed by atoms with Gasteiger partial charge in [-0.05, 0) is 29.8 Å². The van der Waals surface area contributed by atoms with Crippen molar-refractivity contribution in [1.82, 2.24) is 9.97 Å². The number of ether oxygens (including phenoxy) is 1. The highest BCUT2D eigenvalue weighted by Gasteiger charge is 2.22. The van der Waals surface area contributed by atoms with Crippen LogP contribution in [0.1, 0.15) is 0 Å². The molecule has 0 saturated carbocycles. The zero-order valence-corrected chi connectivity index (χ0v) is 17.8. The van der Waals surface area contributed by atoms with E-state index >= 15 is 0 Å². The van der Waals surface area contributed by atoms with Crippen LogP contribution in [0.25, 0.3) is 21.3 Å². The number of hydrogen-bond donors (Lipinski definition) is 1. The molecule has 158 valence electrons. The number of aromatic amines is 1. The number of nitrogens with one attached hydrogen (secondary N) is 1. The summed E-state index contributed by atoms with van der Waals surface area (Å²) in [4.78, 5) is 24.5. The first-order valence-electron chi connectivity index (χ1n) is 10.0. The molecular weight excluding hydrogens is 415 g/mol. The molecule has 0 amide bonds. The molecule has 31 heavy (non-hydrogen) atoms. The van der Waals surface area contributed by atoms with Gasteiger partial charge in [-0.3, -0.25) is 9.78 Å². The van der Waals surface area contributed by atoms with E-state index in [0.717, 1.165) is 16.9 Å². The lowest BCUT2D eigenvalue weighted by Crippen LogP contribution is -2.47. The van der Waals surface area contributed by atoms with E-state index in [1.54, 1.807) is 19.2 Å². The maximum atomic E-state index is 14.1. The van der Waals surface area contributed by atoms with Gasteiger partial charge in [0.1, 0.15) is 16.3 Å². The Morgan fingerprint density at radius 1 is 1.03 bits per heavy atom. The minimum Gasteiger partial charge on any atom is -0.497 e. The first kappa shape index (κ1) is 19.6. The van der Waals surface area contributed by atoms with Gasteiger partial charge in [0.05, 0.1) is 18.3 Å². The number of benzene rings is 2. The summed E-state index contributed by atoms with van der Waals surface area (Å²) in [5.74, 6) is 1.12. The van der Waals surface area contributed by atoms with Crippen LogP contribution in [0.5, 0.6) is 5.75 Å². The summed E-state index contributed by atoms with van der Waals surface area (Å²) in [6.45, 7) is 2.59. The number of H-pyrrole nitrogens is 1. The normalized spacial score (nSPS) is 14.3. The fourth-order valence-corrected chi connectivity index (χ4v) is 4.82. The SMILES string of the molecule is COc1ccc(-c2csc3c(=O)[nH]c(N4CCN(c5ccccc5F)CC4)nc23)cc1. The number of para-hydroxylation sites is 1. The largest absolute Gasteiger partial charge is 0.497 e. The standard InChI is InChI=1S/C23H21FN4O2S/c1-30-16-8-6-15(7-9-16)17-14-31-21-20(17)25-23(26-22(21)29)28-12-10-27(11-13-28)19-5-3-2-4-18(19)24/h2-9,14H,10-13H2,1H3,(H,25,26,29). The van der Waals surface area contributed by atoms with Crippen molar-refractivity contribution in [3.63, 3.8) is 0 Å². The van der Waals surface area contributed by atoms with Crippen molar-refractivity contribution in [2.75, 3.05) is 43.1 Å². The lowest BCUT2D eigenvalue weighted by molar-refractivity contribution is 0.415. The molecule has 5 rings (SSSR count). The van der Waals surface area contributed by atoms with Crippen molar-refractivity contribution in [1.29, 1.82) is 0 Å². The number of aromatic nitrogens is 2. The second-order valence-electron chi connectivity index (χ2n) is 7.37. The summed E-state index contributed by atoms with van der Waals surface area (Å²) in [6, 6.07) is 14.5. The fraction of sp³-hybridized carbons (Fsp3) is 0.217. The van der Waals surface area contributed by atoms with E-state index in [0.29, 0.717) is 48.0 Å². The Morgan fingerprint density at radius 2 is 1.74 bits per heavy atom. The van der Waals surface area contributed by atoms with Crippen molar-refractivity contribution in [2.45, 2.75) is 0 Å². The number of methoxy groups -OCH3 is 1. The van der Waals surface area contributed by atoms with Crippen LogP contribution in [0, 0.1) is 5.82 Å². The number of hydrogen-bond acceptors (Lipinski definition) is 6. The molecule has 0 spiro atoms. The maximum Gasteiger partial charge on any atom is 0.270 e. The van der Waals surface area contributed by atoms with Gasteiger partial charge in [-0.1, -0.05) is 24.3 Å². The van der Waals surface area contributed by atoms with Crippen LogP contribution in [0.4, 0.5) is 16.0 Å². The van der Waals surface area contributed by atoms with Crippen molar-refractivity contribution < 1.29 is 9.13 Å². The third kappa shape index (κ3) is 3.63. The van der Waals surface area contributed by atoms with E-state index in [1.807, 2.05) is 45.5 Å². The number of halogens is 1. The zero-order chi connectivity index (χ0) is 21.4. The Kier molecular flexibility index (Phi) is 5.07. The molecule has 1 aliphatic rings. The van der Waals surface area contributed by atoms with Gasteiger partial charge in [0, 0.05) is 37.1 Å². The second-order valence-corrected chi connectivity index (χ2v) is 8.25. The summed E-state index contributed by atoms with van der Waals surface area (Å²) >= 11 is 1.39. The van der Waals surface area contributed by atoms with Crippen molar-refractivity contribution in [3.05, 3.63) is 70.1 Å². The molecule has 1 aliphatic heterocycles. The number of fused-ring (bicyclic) bond motifs is 1. The molecular formula is C23H21FN4O2S. The van der Waals surface area contributed by atoms with Crippen LogP contribution in [-0.4, -0.2) is 43.3 Å². The van der Waals surface area contributed by atoms with Crippen LogP contribution in [0.3, 0.4) is 0 Å². The highest BCUT2D eigenvalue weighted by atomic mass is 32.1. The van der Waals surface area contributed by atoms with Crippen LogP contribution >= 0.6 is 11.3 Å². The van der Waals surface area contributed by atoms with Crippen LogP contribution in [-0.2, 0) is 0 Å². The Balaban J connectivity index is 1.43. The average Bonchev–Trinajstić information content (AvgIpc) is 3.24. The van der Waals surface area contributed by atoms with Crippen LogP contribution < -0.4 is 20.1 Å². The third-order valence-corrected chi connectivity index (χ3v) is 6.56. The molecule has 1 N–H and O–H groups in total. The summed E-state index contributed by atoms with van der Waals surface area (Å²) in [5.41, 5.74) is 3.09. The van der Waals surface area contributed by atoms with Crippen LogP contribution in [0.15, 0.2) is 58.7 Å². The Bertz CT molecular complexity index is 1280. The predicted octanol–water partition coefficient (Wildman–Crippen LogP) is 4.13. The molecule has 1 saturated heterocycles. The van der Waals surface area contributed by atoms with Gasteiger partial charge in [0.25, 0.3) is 5.56 Å². The zero-order valence-electron chi connectivity index (χ0n) is 17.0. The Morgan fingerprint density at radius 3 is 2.45 bits per heavy atom. The molecule has 0 unspecified atom stereocenters. The van der Waals surface area contributed by atoms with Gasteiger partial charge < -0.3 is 14.5 Å². The van der Waals surface area contributed by atoms with Crippen molar-refractivity contribution in [2.24, 2.45) is 0 Å². The number of nitrogens with zero attached hydrogens (tertiary/aromatic N) is 3. The highest BCUT2D eigenvalue weighted by molar-refractivity contribution is 7.17. The third-order valence-electron chi connectivity index (χ3n) is 5.59. The summed E-state index contributed by atoms with van der Waals surface area (Å²) in [6.07, 6.45) is 0. The number of rotatable bonds is 4. The van der Waals surface area contributed by atoms with Gasteiger partial charge in [-0.15, -0.1) is 11.3 Å². The molecule has 4 aromatic rings. The van der Waals surface area contributed by atoms with E-state index in [9.17, 15) is 9.18 Å². The molecule has 0 radical (unpaired) electrons. The van der Waals surface area contributed by atoms with Gasteiger partial charge in [-0.2, -0.15) is 0 Å². The number of piperazine rings is 1. The topological polar surface area (TPSA) is 61.5 Å². The monoisotopic (exact) mass is 436 g/mol. The number of anilines is 2. The van der Waals surface area contributed by atoms with Crippen molar-refractivity contribution >= 4 is 33.2 Å². The second kappa shape index (κ2) is 8.03. The van der Waals surface area contributed by atoms with E-state index in [1.165, 1.54) is 17.4 Å². The summed E-state index contributed by atoms with van der Waals surface area (Å²) < 4.78 is 20.0. The van der Waals surface area contributed by atoms with Crippen LogP contribution in [0.2, 0.25) is 0 Å². The van der Waals surface area contributed by atoms with Gasteiger partial charge in [-0.25, -0.2) is 9.37 Å². The molecule has 2 aromatic carbocycles. The summed E-state index contributed by atoms with van der Waals surface area (Å²) in [7, 11) is 1.63. The van der Waals surface area contributed by atoms with Gasteiger partial charge >= 0.3 is 0 Å². The maximum absolute atomic E-state index is 14.1. The first-order valence-corrected chi connectivity index (χ1v) is 10.9.